The maximum Gasteiger partial charge on any atom is 0.142 e. The van der Waals surface area contributed by atoms with E-state index >= 15 is 0 Å². The van der Waals surface area contributed by atoms with E-state index in [1.807, 2.05) is 51.4 Å². The van der Waals surface area contributed by atoms with Crippen molar-refractivity contribution in [3.63, 3.8) is 0 Å². The minimum atomic E-state index is 0.715. The molecule has 0 atom stereocenters. The van der Waals surface area contributed by atoms with Crippen molar-refractivity contribution in [2.75, 3.05) is 44.9 Å². The Labute approximate surface area is 131 Å². The first-order valence-electron chi connectivity index (χ1n) is 7.23. The smallest absolute Gasteiger partial charge is 0.142 e. The Balaban J connectivity index is 2.12. The molecule has 1 aromatic heterocycles. The third kappa shape index (κ3) is 4.60. The number of anilines is 3. The van der Waals surface area contributed by atoms with Gasteiger partial charge in [-0.2, -0.15) is 0 Å². The highest BCUT2D eigenvalue weighted by Crippen LogP contribution is 2.26. The van der Waals surface area contributed by atoms with Crippen molar-refractivity contribution in [2.45, 2.75) is 6.92 Å². The van der Waals surface area contributed by atoms with Crippen molar-refractivity contribution in [3.05, 3.63) is 36.2 Å². The number of aryl methyl sites for hydroxylation is 1. The number of aromatic nitrogens is 2. The van der Waals surface area contributed by atoms with Crippen LogP contribution in [0, 0.1) is 6.92 Å². The lowest BCUT2D eigenvalue weighted by Crippen LogP contribution is -2.21. The average molecular weight is 301 g/mol. The number of rotatable bonds is 7. The summed E-state index contributed by atoms with van der Waals surface area (Å²) in [4.78, 5) is 10.9. The Morgan fingerprint density at radius 2 is 1.86 bits per heavy atom. The minimum absolute atomic E-state index is 0.715. The number of nitrogens with one attached hydrogen (secondary N) is 2. The first kappa shape index (κ1) is 16.0. The first-order chi connectivity index (χ1) is 10.6. The molecule has 2 rings (SSSR count). The summed E-state index contributed by atoms with van der Waals surface area (Å²) in [6.45, 7) is 3.65. The summed E-state index contributed by atoms with van der Waals surface area (Å²) >= 11 is 0. The van der Waals surface area contributed by atoms with Crippen LogP contribution >= 0.6 is 0 Å². The maximum absolute atomic E-state index is 5.34. The number of methoxy groups -OCH3 is 1. The lowest BCUT2D eigenvalue weighted by molar-refractivity contribution is 0.417. The van der Waals surface area contributed by atoms with Gasteiger partial charge in [-0.05, 0) is 33.2 Å². The van der Waals surface area contributed by atoms with Crippen molar-refractivity contribution in [1.29, 1.82) is 0 Å². The monoisotopic (exact) mass is 301 g/mol. The maximum atomic E-state index is 5.34. The molecule has 0 saturated carbocycles. The van der Waals surface area contributed by atoms with Crippen molar-refractivity contribution in [3.8, 4) is 5.75 Å². The van der Waals surface area contributed by atoms with Crippen LogP contribution in [0.1, 0.15) is 5.82 Å². The van der Waals surface area contributed by atoms with Gasteiger partial charge in [0.15, 0.2) is 0 Å². The zero-order chi connectivity index (χ0) is 15.9. The standard InChI is InChI=1S/C16H23N5O/c1-12-18-15(17-9-10-21(2)3)11-16(19-12)20-13-7-5-6-8-14(13)22-4/h5-8,11H,9-10H2,1-4H3,(H2,17,18,19,20). The van der Waals surface area contributed by atoms with E-state index in [0.29, 0.717) is 5.82 Å². The molecule has 6 nitrogen and oxygen atoms in total. The molecule has 0 unspecified atom stereocenters. The van der Waals surface area contributed by atoms with Crippen LogP contribution in [0.3, 0.4) is 0 Å². The molecule has 0 spiro atoms. The highest BCUT2D eigenvalue weighted by atomic mass is 16.5. The summed E-state index contributed by atoms with van der Waals surface area (Å²) in [5, 5.41) is 6.58. The fourth-order valence-electron chi connectivity index (χ4n) is 2.02. The number of hydrogen-bond acceptors (Lipinski definition) is 6. The fourth-order valence-corrected chi connectivity index (χ4v) is 2.02. The Hall–Kier alpha value is -2.34. The molecule has 0 fully saturated rings. The van der Waals surface area contributed by atoms with Gasteiger partial charge in [0.25, 0.3) is 0 Å². The van der Waals surface area contributed by atoms with Gasteiger partial charge in [-0.3, -0.25) is 0 Å². The number of ether oxygens (including phenoxy) is 1. The highest BCUT2D eigenvalue weighted by Gasteiger charge is 2.06. The Morgan fingerprint density at radius 3 is 2.59 bits per heavy atom. The second kappa shape index (κ2) is 7.61. The number of likely N-dealkylation sites (N-methyl/N-ethyl adjacent to an activating group) is 1. The quantitative estimate of drug-likeness (QED) is 0.819. The number of benzene rings is 1. The third-order valence-electron chi connectivity index (χ3n) is 3.07. The van der Waals surface area contributed by atoms with Crippen molar-refractivity contribution < 1.29 is 4.74 Å². The second-order valence-electron chi connectivity index (χ2n) is 5.24. The van der Waals surface area contributed by atoms with E-state index in [9.17, 15) is 0 Å². The van der Waals surface area contributed by atoms with Crippen molar-refractivity contribution in [1.82, 2.24) is 14.9 Å². The molecule has 1 heterocycles. The summed E-state index contributed by atoms with van der Waals surface area (Å²) in [7, 11) is 5.74. The van der Waals surface area contributed by atoms with Gasteiger partial charge in [0, 0.05) is 19.2 Å². The van der Waals surface area contributed by atoms with Gasteiger partial charge in [0.05, 0.1) is 12.8 Å². The first-order valence-corrected chi connectivity index (χ1v) is 7.23. The molecule has 0 aliphatic heterocycles. The van der Waals surface area contributed by atoms with E-state index in [-0.39, 0.29) is 0 Å². The molecule has 2 aromatic rings. The summed E-state index contributed by atoms with van der Waals surface area (Å²) in [6.07, 6.45) is 0. The largest absolute Gasteiger partial charge is 0.495 e. The molecule has 0 radical (unpaired) electrons. The third-order valence-corrected chi connectivity index (χ3v) is 3.07. The van der Waals surface area contributed by atoms with Crippen LogP contribution in [0.2, 0.25) is 0 Å². The molecule has 0 amide bonds. The molecule has 0 saturated heterocycles. The van der Waals surface area contributed by atoms with Gasteiger partial charge in [0.1, 0.15) is 23.2 Å². The zero-order valence-corrected chi connectivity index (χ0v) is 13.6. The molecular weight excluding hydrogens is 278 g/mol. The average Bonchev–Trinajstić information content (AvgIpc) is 2.47. The lowest BCUT2D eigenvalue weighted by atomic mass is 10.3. The number of hydrogen-bond donors (Lipinski definition) is 2. The molecule has 0 aliphatic rings. The van der Waals surface area contributed by atoms with Crippen LogP contribution in [0.5, 0.6) is 5.75 Å². The van der Waals surface area contributed by atoms with E-state index < -0.39 is 0 Å². The molecule has 6 heteroatoms. The SMILES string of the molecule is COc1ccccc1Nc1cc(NCCN(C)C)nc(C)n1. The second-order valence-corrected chi connectivity index (χ2v) is 5.24. The van der Waals surface area contributed by atoms with E-state index in [1.54, 1.807) is 7.11 Å². The molecule has 0 bridgehead atoms. The Bertz CT molecular complexity index is 615. The van der Waals surface area contributed by atoms with Crippen molar-refractivity contribution in [2.24, 2.45) is 0 Å². The predicted octanol–water partition coefficient (Wildman–Crippen LogP) is 2.51. The predicted molar refractivity (Wildman–Crippen MR) is 90.1 cm³/mol. The van der Waals surface area contributed by atoms with Gasteiger partial charge in [-0.15, -0.1) is 0 Å². The lowest BCUT2D eigenvalue weighted by Gasteiger charge is -2.13. The van der Waals surface area contributed by atoms with Crippen LogP contribution in [-0.2, 0) is 0 Å². The number of para-hydroxylation sites is 2. The van der Waals surface area contributed by atoms with E-state index in [4.69, 9.17) is 4.74 Å². The van der Waals surface area contributed by atoms with Crippen LogP contribution in [-0.4, -0.2) is 49.2 Å². The van der Waals surface area contributed by atoms with Gasteiger partial charge in [-0.25, -0.2) is 9.97 Å². The molecular formula is C16H23N5O. The summed E-state index contributed by atoms with van der Waals surface area (Å²) in [5.41, 5.74) is 0.877. The van der Waals surface area contributed by atoms with E-state index in [2.05, 4.69) is 25.5 Å². The summed E-state index contributed by atoms with van der Waals surface area (Å²) < 4.78 is 5.34. The van der Waals surface area contributed by atoms with Crippen LogP contribution in [0.25, 0.3) is 0 Å². The molecule has 0 aliphatic carbocycles. The fraction of sp³-hybridized carbons (Fsp3) is 0.375. The normalized spacial score (nSPS) is 10.6. The zero-order valence-electron chi connectivity index (χ0n) is 13.6. The van der Waals surface area contributed by atoms with Gasteiger partial charge < -0.3 is 20.3 Å². The van der Waals surface area contributed by atoms with Gasteiger partial charge in [-0.1, -0.05) is 12.1 Å². The molecule has 1 aromatic carbocycles. The van der Waals surface area contributed by atoms with Crippen LogP contribution in [0.4, 0.5) is 17.3 Å². The molecule has 118 valence electrons. The molecule has 22 heavy (non-hydrogen) atoms. The van der Waals surface area contributed by atoms with Gasteiger partial charge in [0.2, 0.25) is 0 Å². The molecule has 2 N–H and O–H groups in total. The van der Waals surface area contributed by atoms with Crippen molar-refractivity contribution >= 4 is 17.3 Å². The Kier molecular flexibility index (Phi) is 5.55. The number of nitrogens with zero attached hydrogens (tertiary/aromatic N) is 3. The minimum Gasteiger partial charge on any atom is -0.495 e. The highest BCUT2D eigenvalue weighted by molar-refractivity contribution is 5.65. The van der Waals surface area contributed by atoms with E-state index in [0.717, 1.165) is 36.2 Å². The summed E-state index contributed by atoms with van der Waals surface area (Å²) in [5.74, 6) is 3.05. The van der Waals surface area contributed by atoms with Crippen LogP contribution < -0.4 is 15.4 Å². The van der Waals surface area contributed by atoms with Gasteiger partial charge >= 0.3 is 0 Å². The van der Waals surface area contributed by atoms with Crippen LogP contribution in [0.15, 0.2) is 30.3 Å². The Morgan fingerprint density at radius 1 is 1.14 bits per heavy atom. The summed E-state index contributed by atoms with van der Waals surface area (Å²) in [6, 6.07) is 9.65. The van der Waals surface area contributed by atoms with E-state index in [1.165, 1.54) is 0 Å². The topological polar surface area (TPSA) is 62.3 Å².